The molecular formula is C12H9Cl2NO. The topological polar surface area (TPSA) is 22.0 Å². The van der Waals surface area contributed by atoms with E-state index in [0.717, 1.165) is 30.0 Å². The third-order valence-electron chi connectivity index (χ3n) is 2.97. The number of aromatic nitrogens is 1. The number of rotatable bonds is 2. The van der Waals surface area contributed by atoms with Gasteiger partial charge in [0.2, 0.25) is 0 Å². The molecule has 2 aromatic rings. The zero-order chi connectivity index (χ0) is 11.3. The summed E-state index contributed by atoms with van der Waals surface area (Å²) in [6, 6.07) is 3.99. The van der Waals surface area contributed by atoms with Crippen LogP contribution in [0.25, 0.3) is 10.9 Å². The Labute approximate surface area is 103 Å². The molecule has 1 aliphatic carbocycles. The Hall–Kier alpha value is -0.990. The van der Waals surface area contributed by atoms with E-state index in [1.807, 2.05) is 6.20 Å². The summed E-state index contributed by atoms with van der Waals surface area (Å²) in [4.78, 5) is 11.0. The van der Waals surface area contributed by atoms with E-state index in [0.29, 0.717) is 21.7 Å². The number of nitrogens with zero attached hydrogens (tertiary/aromatic N) is 1. The Kier molecular flexibility index (Phi) is 2.23. The van der Waals surface area contributed by atoms with Crippen LogP contribution in [0.1, 0.15) is 29.2 Å². The maximum atomic E-state index is 11.0. The lowest BCUT2D eigenvalue weighted by Crippen LogP contribution is -1.91. The van der Waals surface area contributed by atoms with Crippen molar-refractivity contribution in [3.63, 3.8) is 0 Å². The largest absolute Gasteiger partial charge is 0.342 e. The second-order valence-corrected chi connectivity index (χ2v) is 4.91. The van der Waals surface area contributed by atoms with Gasteiger partial charge in [-0.15, -0.1) is 0 Å². The number of halogens is 2. The highest BCUT2D eigenvalue weighted by molar-refractivity contribution is 6.40. The van der Waals surface area contributed by atoms with Crippen LogP contribution in [0.2, 0.25) is 10.0 Å². The first-order chi connectivity index (χ1) is 7.72. The summed E-state index contributed by atoms with van der Waals surface area (Å²) in [7, 11) is 0. The average molecular weight is 254 g/mol. The molecule has 0 radical (unpaired) electrons. The van der Waals surface area contributed by atoms with Gasteiger partial charge in [-0.2, -0.15) is 0 Å². The van der Waals surface area contributed by atoms with Gasteiger partial charge in [-0.3, -0.25) is 4.79 Å². The zero-order valence-corrected chi connectivity index (χ0v) is 9.92. The van der Waals surface area contributed by atoms with Gasteiger partial charge < -0.3 is 4.57 Å². The normalized spacial score (nSPS) is 15.6. The molecule has 2 nitrogen and oxygen atoms in total. The van der Waals surface area contributed by atoms with Crippen LogP contribution in [0.5, 0.6) is 0 Å². The summed E-state index contributed by atoms with van der Waals surface area (Å²) >= 11 is 12.3. The van der Waals surface area contributed by atoms with Gasteiger partial charge >= 0.3 is 0 Å². The van der Waals surface area contributed by atoms with E-state index in [9.17, 15) is 4.79 Å². The molecule has 0 saturated heterocycles. The van der Waals surface area contributed by atoms with Crippen molar-refractivity contribution in [2.75, 3.05) is 0 Å². The number of fused-ring (bicyclic) bond motifs is 1. The minimum absolute atomic E-state index is 0.479. The van der Waals surface area contributed by atoms with E-state index in [4.69, 9.17) is 23.2 Å². The molecule has 16 heavy (non-hydrogen) atoms. The van der Waals surface area contributed by atoms with E-state index >= 15 is 0 Å². The Balaban J connectivity index is 2.43. The fourth-order valence-electron chi connectivity index (χ4n) is 2.08. The second kappa shape index (κ2) is 3.51. The molecule has 1 aliphatic rings. The summed E-state index contributed by atoms with van der Waals surface area (Å²) in [5.41, 5.74) is 1.51. The number of carbonyl (C=O) groups is 1. The van der Waals surface area contributed by atoms with Crippen molar-refractivity contribution in [3.05, 3.63) is 33.9 Å². The molecule has 0 unspecified atom stereocenters. The van der Waals surface area contributed by atoms with Crippen LogP contribution < -0.4 is 0 Å². The molecular weight excluding hydrogens is 245 g/mol. The maximum Gasteiger partial charge on any atom is 0.152 e. The van der Waals surface area contributed by atoms with Crippen LogP contribution in [-0.2, 0) is 0 Å². The summed E-state index contributed by atoms with van der Waals surface area (Å²) in [5, 5.41) is 2.01. The van der Waals surface area contributed by atoms with Crippen LogP contribution in [0.3, 0.4) is 0 Å². The quantitative estimate of drug-likeness (QED) is 0.739. The van der Waals surface area contributed by atoms with Crippen molar-refractivity contribution >= 4 is 40.4 Å². The summed E-state index contributed by atoms with van der Waals surface area (Å²) in [6.07, 6.45) is 4.98. The maximum absolute atomic E-state index is 11.0. The molecule has 1 aromatic heterocycles. The number of carbonyl (C=O) groups excluding carboxylic acids is 1. The highest BCUT2D eigenvalue weighted by Gasteiger charge is 2.27. The first-order valence-electron chi connectivity index (χ1n) is 5.16. The Bertz CT molecular complexity index is 584. The highest BCUT2D eigenvalue weighted by atomic mass is 35.5. The lowest BCUT2D eigenvalue weighted by Gasteiger charge is -2.04. The summed E-state index contributed by atoms with van der Waals surface area (Å²) in [5.74, 6) is 0. The molecule has 82 valence electrons. The predicted octanol–water partition coefficient (Wildman–Crippen LogP) is 4.10. The van der Waals surface area contributed by atoms with Gasteiger partial charge in [-0.25, -0.2) is 0 Å². The lowest BCUT2D eigenvalue weighted by atomic mass is 10.2. The van der Waals surface area contributed by atoms with Crippen LogP contribution in [-0.4, -0.2) is 10.9 Å². The van der Waals surface area contributed by atoms with Gasteiger partial charge in [0.15, 0.2) is 6.29 Å². The van der Waals surface area contributed by atoms with E-state index in [-0.39, 0.29) is 0 Å². The highest BCUT2D eigenvalue weighted by Crippen LogP contribution is 2.42. The van der Waals surface area contributed by atoms with Gasteiger partial charge in [-0.05, 0) is 25.0 Å². The molecule has 0 spiro atoms. The standard InChI is InChI=1S/C12H9Cl2NO/c13-9-3-4-10(14)12-11(9)7(6-16)5-15(12)8-1-2-8/h3-6,8H,1-2H2. The fourth-order valence-corrected chi connectivity index (χ4v) is 2.59. The van der Waals surface area contributed by atoms with Crippen molar-refractivity contribution < 1.29 is 4.79 Å². The van der Waals surface area contributed by atoms with E-state index in [2.05, 4.69) is 4.57 Å². The van der Waals surface area contributed by atoms with Gasteiger partial charge in [0, 0.05) is 23.2 Å². The molecule has 4 heteroatoms. The lowest BCUT2D eigenvalue weighted by molar-refractivity contribution is 0.112. The smallest absolute Gasteiger partial charge is 0.152 e. The van der Waals surface area contributed by atoms with Crippen molar-refractivity contribution in [3.8, 4) is 0 Å². The van der Waals surface area contributed by atoms with Crippen LogP contribution in [0.15, 0.2) is 18.3 Å². The van der Waals surface area contributed by atoms with E-state index in [1.54, 1.807) is 12.1 Å². The number of benzene rings is 1. The minimum Gasteiger partial charge on any atom is -0.342 e. The van der Waals surface area contributed by atoms with E-state index < -0.39 is 0 Å². The Morgan fingerprint density at radius 1 is 1.25 bits per heavy atom. The number of hydrogen-bond donors (Lipinski definition) is 0. The molecule has 1 aromatic carbocycles. The fraction of sp³-hybridized carbons (Fsp3) is 0.250. The molecule has 1 saturated carbocycles. The third-order valence-corrected chi connectivity index (χ3v) is 3.59. The molecule has 0 aliphatic heterocycles. The van der Waals surface area contributed by atoms with Crippen molar-refractivity contribution in [2.45, 2.75) is 18.9 Å². The molecule has 0 N–H and O–H groups in total. The Morgan fingerprint density at radius 3 is 2.56 bits per heavy atom. The van der Waals surface area contributed by atoms with Crippen LogP contribution in [0.4, 0.5) is 0 Å². The monoisotopic (exact) mass is 253 g/mol. The summed E-state index contributed by atoms with van der Waals surface area (Å²) < 4.78 is 2.08. The number of hydrogen-bond acceptors (Lipinski definition) is 1. The second-order valence-electron chi connectivity index (χ2n) is 4.09. The van der Waals surface area contributed by atoms with Gasteiger partial charge in [-0.1, -0.05) is 23.2 Å². The van der Waals surface area contributed by atoms with Gasteiger partial charge in [0.05, 0.1) is 15.6 Å². The third kappa shape index (κ3) is 1.37. The van der Waals surface area contributed by atoms with Crippen molar-refractivity contribution in [1.29, 1.82) is 0 Å². The van der Waals surface area contributed by atoms with Gasteiger partial charge in [0.1, 0.15) is 0 Å². The van der Waals surface area contributed by atoms with Crippen molar-refractivity contribution in [2.24, 2.45) is 0 Å². The SMILES string of the molecule is O=Cc1cn(C2CC2)c2c(Cl)ccc(Cl)c12. The van der Waals surface area contributed by atoms with Crippen LogP contribution in [0, 0.1) is 0 Å². The van der Waals surface area contributed by atoms with Crippen molar-refractivity contribution in [1.82, 2.24) is 4.57 Å². The molecule has 3 rings (SSSR count). The molecule has 1 heterocycles. The van der Waals surface area contributed by atoms with E-state index in [1.165, 1.54) is 0 Å². The first kappa shape index (κ1) is 10.2. The Morgan fingerprint density at radius 2 is 1.94 bits per heavy atom. The molecule has 0 bridgehead atoms. The van der Waals surface area contributed by atoms with Gasteiger partial charge in [0.25, 0.3) is 0 Å². The molecule has 0 atom stereocenters. The van der Waals surface area contributed by atoms with Crippen LogP contribution >= 0.6 is 23.2 Å². The molecule has 1 fully saturated rings. The first-order valence-corrected chi connectivity index (χ1v) is 5.91. The predicted molar refractivity (Wildman–Crippen MR) is 65.6 cm³/mol. The zero-order valence-electron chi connectivity index (χ0n) is 8.41. The minimum atomic E-state index is 0.479. The number of aldehydes is 1. The summed E-state index contributed by atoms with van der Waals surface area (Å²) in [6.45, 7) is 0. The molecule has 0 amide bonds. The average Bonchev–Trinajstić information content (AvgIpc) is 3.04.